The van der Waals surface area contributed by atoms with Crippen LogP contribution in [0.2, 0.25) is 0 Å². The molecule has 0 aromatic carbocycles. The van der Waals surface area contributed by atoms with E-state index in [2.05, 4.69) is 68.3 Å². The predicted molar refractivity (Wildman–Crippen MR) is 125 cm³/mol. The molecule has 4 nitrogen and oxygen atoms in total. The Morgan fingerprint density at radius 2 is 1.48 bits per heavy atom. The van der Waals surface area contributed by atoms with E-state index in [1.165, 1.54) is 78.2 Å². The molecule has 4 heteroatoms. The summed E-state index contributed by atoms with van der Waals surface area (Å²) in [6.07, 6.45) is 4.15. The van der Waals surface area contributed by atoms with E-state index in [4.69, 9.17) is 0 Å². The van der Waals surface area contributed by atoms with Crippen LogP contribution in [-0.4, -0.2) is 98.6 Å². The Balaban J connectivity index is 1.51. The number of nitrogens with zero attached hydrogens (tertiary/aromatic N) is 4. The third-order valence-electron chi connectivity index (χ3n) is 9.06. The highest BCUT2D eigenvalue weighted by Crippen LogP contribution is 2.40. The quantitative estimate of drug-likeness (QED) is 0.668. The Morgan fingerprint density at radius 1 is 0.793 bits per heavy atom. The topological polar surface area (TPSA) is 13.0 Å². The molecule has 0 bridgehead atoms. The lowest BCUT2D eigenvalue weighted by Crippen LogP contribution is -2.53. The highest BCUT2D eigenvalue weighted by molar-refractivity contribution is 4.91. The smallest absolute Gasteiger partial charge is 0.0192 e. The second kappa shape index (κ2) is 9.97. The van der Waals surface area contributed by atoms with Crippen LogP contribution >= 0.6 is 0 Å². The van der Waals surface area contributed by atoms with Gasteiger partial charge in [-0.05, 0) is 89.0 Å². The molecule has 0 aromatic heterocycles. The number of likely N-dealkylation sites (N-methyl/N-ethyl adjacent to an activating group) is 1. The normalized spacial score (nSPS) is 38.4. The number of piperazine rings is 1. The Morgan fingerprint density at radius 3 is 2.21 bits per heavy atom. The van der Waals surface area contributed by atoms with Crippen molar-refractivity contribution in [3.05, 3.63) is 0 Å². The summed E-state index contributed by atoms with van der Waals surface area (Å²) in [5, 5.41) is 0. The molecule has 0 saturated carbocycles. The van der Waals surface area contributed by atoms with Crippen LogP contribution < -0.4 is 0 Å². The molecule has 5 atom stereocenters. The van der Waals surface area contributed by atoms with Gasteiger partial charge in [-0.3, -0.25) is 0 Å². The highest BCUT2D eigenvalue weighted by Gasteiger charge is 2.39. The van der Waals surface area contributed by atoms with Gasteiger partial charge in [-0.15, -0.1) is 0 Å². The van der Waals surface area contributed by atoms with Crippen LogP contribution in [-0.2, 0) is 0 Å². The van der Waals surface area contributed by atoms with Crippen LogP contribution in [0.4, 0.5) is 0 Å². The van der Waals surface area contributed by atoms with Crippen molar-refractivity contribution in [1.82, 2.24) is 19.6 Å². The van der Waals surface area contributed by atoms with E-state index in [9.17, 15) is 0 Å². The number of rotatable bonds is 6. The molecule has 3 heterocycles. The van der Waals surface area contributed by atoms with E-state index < -0.39 is 0 Å². The second-order valence-corrected chi connectivity index (χ2v) is 11.8. The van der Waals surface area contributed by atoms with Crippen LogP contribution in [0.5, 0.6) is 0 Å². The number of hydrogen-bond acceptors (Lipinski definition) is 4. The number of piperidine rings is 2. The van der Waals surface area contributed by atoms with Gasteiger partial charge >= 0.3 is 0 Å². The first-order valence-electron chi connectivity index (χ1n) is 12.5. The predicted octanol–water partition coefficient (Wildman–Crippen LogP) is 3.58. The zero-order valence-corrected chi connectivity index (χ0v) is 20.7. The van der Waals surface area contributed by atoms with E-state index in [0.29, 0.717) is 11.5 Å². The van der Waals surface area contributed by atoms with Crippen LogP contribution in [0, 0.1) is 29.1 Å². The molecule has 3 aliphatic rings. The fraction of sp³-hybridized carbons (Fsp3) is 1.00. The molecule has 29 heavy (non-hydrogen) atoms. The molecule has 0 amide bonds. The van der Waals surface area contributed by atoms with Crippen LogP contribution in [0.15, 0.2) is 0 Å². The SMILES string of the molecule is C[C@@H]1CCN(C)C[C@@H]1CCN1C[C@H](CCN2CCN(C)[C@@H](C)C2)[C@H](C)C(C)(C)C1. The third kappa shape index (κ3) is 6.18. The summed E-state index contributed by atoms with van der Waals surface area (Å²) in [4.78, 5) is 10.6. The van der Waals surface area contributed by atoms with E-state index in [-0.39, 0.29) is 0 Å². The van der Waals surface area contributed by atoms with Crippen molar-refractivity contribution in [1.29, 1.82) is 0 Å². The minimum Gasteiger partial charge on any atom is -0.306 e. The minimum absolute atomic E-state index is 0.438. The molecule has 3 fully saturated rings. The van der Waals surface area contributed by atoms with Gasteiger partial charge in [-0.1, -0.05) is 27.7 Å². The summed E-state index contributed by atoms with van der Waals surface area (Å²) in [5.74, 6) is 3.46. The summed E-state index contributed by atoms with van der Waals surface area (Å²) in [5.41, 5.74) is 0.438. The summed E-state index contributed by atoms with van der Waals surface area (Å²) in [6, 6.07) is 0.705. The minimum atomic E-state index is 0.438. The van der Waals surface area contributed by atoms with Crippen molar-refractivity contribution >= 4 is 0 Å². The first-order chi connectivity index (χ1) is 13.7. The Hall–Kier alpha value is -0.160. The third-order valence-corrected chi connectivity index (χ3v) is 9.06. The molecule has 0 aromatic rings. The molecule has 0 spiro atoms. The van der Waals surface area contributed by atoms with E-state index in [0.717, 1.165) is 23.7 Å². The summed E-state index contributed by atoms with van der Waals surface area (Å²) in [7, 11) is 4.58. The average molecular weight is 407 g/mol. The number of likely N-dealkylation sites (tertiary alicyclic amines) is 2. The van der Waals surface area contributed by atoms with Gasteiger partial charge in [-0.2, -0.15) is 0 Å². The van der Waals surface area contributed by atoms with Gasteiger partial charge < -0.3 is 19.6 Å². The lowest BCUT2D eigenvalue weighted by Gasteiger charge is -2.49. The number of hydrogen-bond donors (Lipinski definition) is 0. The van der Waals surface area contributed by atoms with Crippen molar-refractivity contribution in [3.63, 3.8) is 0 Å². The van der Waals surface area contributed by atoms with Crippen molar-refractivity contribution in [2.24, 2.45) is 29.1 Å². The lowest BCUT2D eigenvalue weighted by molar-refractivity contribution is -0.00112. The molecular weight excluding hydrogens is 356 g/mol. The van der Waals surface area contributed by atoms with Gasteiger partial charge in [0.1, 0.15) is 0 Å². The molecule has 0 radical (unpaired) electrons. The van der Waals surface area contributed by atoms with Crippen LogP contribution in [0.3, 0.4) is 0 Å². The maximum atomic E-state index is 2.83. The van der Waals surface area contributed by atoms with Crippen molar-refractivity contribution < 1.29 is 0 Å². The maximum absolute atomic E-state index is 2.83. The maximum Gasteiger partial charge on any atom is 0.0192 e. The summed E-state index contributed by atoms with van der Waals surface area (Å²) >= 11 is 0. The lowest BCUT2D eigenvalue weighted by atomic mass is 9.68. The molecule has 3 rings (SSSR count). The van der Waals surface area contributed by atoms with Crippen LogP contribution in [0.25, 0.3) is 0 Å². The molecular formula is C25H50N4. The standard InChI is InChI=1S/C25H50N4/c1-20-8-11-26(6)17-23(20)9-13-29-18-24(22(3)25(4,5)19-29)10-12-28-15-14-27(7)21(2)16-28/h20-24H,8-19H2,1-7H3/t20-,21+,22+,23+,24+/m1/s1. The fourth-order valence-electron chi connectivity index (χ4n) is 6.16. The average Bonchev–Trinajstić information content (AvgIpc) is 2.66. The molecule has 170 valence electrons. The van der Waals surface area contributed by atoms with Gasteiger partial charge in [0, 0.05) is 45.3 Å². The van der Waals surface area contributed by atoms with Gasteiger partial charge in [-0.25, -0.2) is 0 Å². The van der Waals surface area contributed by atoms with E-state index in [1.54, 1.807) is 0 Å². The first-order valence-corrected chi connectivity index (χ1v) is 12.5. The van der Waals surface area contributed by atoms with Gasteiger partial charge in [0.05, 0.1) is 0 Å². The largest absolute Gasteiger partial charge is 0.306 e. The zero-order valence-electron chi connectivity index (χ0n) is 20.7. The Bertz CT molecular complexity index is 507. The summed E-state index contributed by atoms with van der Waals surface area (Å²) < 4.78 is 0. The van der Waals surface area contributed by atoms with E-state index >= 15 is 0 Å². The fourth-order valence-corrected chi connectivity index (χ4v) is 6.16. The molecule has 3 saturated heterocycles. The Labute approximate surface area is 182 Å². The monoisotopic (exact) mass is 406 g/mol. The van der Waals surface area contributed by atoms with Gasteiger partial charge in [0.15, 0.2) is 0 Å². The second-order valence-electron chi connectivity index (χ2n) is 11.8. The van der Waals surface area contributed by atoms with E-state index in [1.807, 2.05) is 0 Å². The van der Waals surface area contributed by atoms with Crippen LogP contribution in [0.1, 0.15) is 53.9 Å². The van der Waals surface area contributed by atoms with Crippen molar-refractivity contribution in [2.75, 3.05) is 73.0 Å². The zero-order chi connectivity index (χ0) is 21.2. The van der Waals surface area contributed by atoms with Gasteiger partial charge in [0.25, 0.3) is 0 Å². The summed E-state index contributed by atoms with van der Waals surface area (Å²) in [6.45, 7) is 24.0. The molecule has 0 unspecified atom stereocenters. The van der Waals surface area contributed by atoms with Crippen molar-refractivity contribution in [2.45, 2.75) is 59.9 Å². The molecule has 0 N–H and O–H groups in total. The Kier molecular flexibility index (Phi) is 8.08. The van der Waals surface area contributed by atoms with Gasteiger partial charge in [0.2, 0.25) is 0 Å². The highest BCUT2D eigenvalue weighted by atomic mass is 15.3. The van der Waals surface area contributed by atoms with Crippen molar-refractivity contribution in [3.8, 4) is 0 Å². The molecule has 0 aliphatic carbocycles. The first kappa shape index (κ1) is 23.5. The molecule has 3 aliphatic heterocycles.